The van der Waals surface area contributed by atoms with E-state index in [2.05, 4.69) is 15.5 Å². The maximum absolute atomic E-state index is 10.3. The minimum absolute atomic E-state index is 0.0790. The Morgan fingerprint density at radius 3 is 3.18 bits per heavy atom. The van der Waals surface area contributed by atoms with Gasteiger partial charge in [0.05, 0.1) is 17.8 Å². The first-order chi connectivity index (χ1) is 8.25. The maximum atomic E-state index is 10.3. The van der Waals surface area contributed by atoms with Crippen molar-refractivity contribution in [3.8, 4) is 10.8 Å². The van der Waals surface area contributed by atoms with Crippen LogP contribution >= 0.6 is 11.3 Å². The highest BCUT2D eigenvalue weighted by atomic mass is 32.1. The molecule has 0 aliphatic rings. The molecule has 0 aliphatic heterocycles. The fraction of sp³-hybridized carbons (Fsp3) is 0.300. The molecule has 0 unspecified atom stereocenters. The molecular formula is C10H11N3O3S. The van der Waals surface area contributed by atoms with Crippen molar-refractivity contribution in [2.24, 2.45) is 0 Å². The van der Waals surface area contributed by atoms with E-state index in [1.807, 2.05) is 17.5 Å². The number of carboxylic acid groups (broad SMARTS) is 1. The van der Waals surface area contributed by atoms with Crippen molar-refractivity contribution in [2.75, 3.05) is 6.54 Å². The molecule has 0 bridgehead atoms. The third-order valence-electron chi connectivity index (χ3n) is 2.00. The van der Waals surface area contributed by atoms with E-state index in [4.69, 9.17) is 9.63 Å². The lowest BCUT2D eigenvalue weighted by Crippen LogP contribution is -2.18. The normalized spacial score (nSPS) is 10.6. The quantitative estimate of drug-likeness (QED) is 0.756. The van der Waals surface area contributed by atoms with Crippen LogP contribution in [0.3, 0.4) is 0 Å². The zero-order valence-corrected chi connectivity index (χ0v) is 9.74. The van der Waals surface area contributed by atoms with Gasteiger partial charge in [-0.3, -0.25) is 4.79 Å². The first-order valence-corrected chi connectivity index (χ1v) is 5.92. The van der Waals surface area contributed by atoms with Crippen LogP contribution in [-0.4, -0.2) is 27.8 Å². The van der Waals surface area contributed by atoms with E-state index in [1.54, 1.807) is 0 Å². The summed E-state index contributed by atoms with van der Waals surface area (Å²) in [4.78, 5) is 15.4. The van der Waals surface area contributed by atoms with Crippen LogP contribution in [0.25, 0.3) is 10.8 Å². The van der Waals surface area contributed by atoms with Gasteiger partial charge in [0.2, 0.25) is 0 Å². The summed E-state index contributed by atoms with van der Waals surface area (Å²) in [5.74, 6) is 0.193. The van der Waals surface area contributed by atoms with Gasteiger partial charge in [-0.15, -0.1) is 11.3 Å². The number of hydrogen-bond donors (Lipinski definition) is 2. The van der Waals surface area contributed by atoms with Crippen LogP contribution < -0.4 is 5.32 Å². The minimum atomic E-state index is -0.829. The largest absolute Gasteiger partial charge is 0.481 e. The molecule has 2 aromatic heterocycles. The highest BCUT2D eigenvalue weighted by Crippen LogP contribution is 2.22. The van der Waals surface area contributed by atoms with Gasteiger partial charge in [-0.05, 0) is 11.4 Å². The van der Waals surface area contributed by atoms with Crippen LogP contribution in [0.4, 0.5) is 0 Å². The number of aromatic nitrogens is 2. The summed E-state index contributed by atoms with van der Waals surface area (Å²) in [7, 11) is 0. The van der Waals surface area contributed by atoms with E-state index in [-0.39, 0.29) is 6.42 Å². The number of thiophene rings is 1. The zero-order chi connectivity index (χ0) is 12.1. The van der Waals surface area contributed by atoms with Gasteiger partial charge in [0.25, 0.3) is 5.89 Å². The lowest BCUT2D eigenvalue weighted by molar-refractivity contribution is -0.136. The van der Waals surface area contributed by atoms with Crippen LogP contribution in [0.2, 0.25) is 0 Å². The fourth-order valence-corrected chi connectivity index (χ4v) is 1.87. The Morgan fingerprint density at radius 2 is 2.47 bits per heavy atom. The number of rotatable bonds is 6. The van der Waals surface area contributed by atoms with E-state index >= 15 is 0 Å². The van der Waals surface area contributed by atoms with Crippen molar-refractivity contribution in [3.63, 3.8) is 0 Å². The smallest absolute Gasteiger partial charge is 0.304 e. The molecule has 0 aromatic carbocycles. The molecule has 2 aromatic rings. The molecule has 0 aliphatic carbocycles. The standard InChI is InChI=1S/C10H11N3O3S/c14-9(15)3-4-11-6-8-12-10(16-13-8)7-2-1-5-17-7/h1-2,5,11H,3-4,6H2,(H,14,15). The van der Waals surface area contributed by atoms with E-state index in [0.717, 1.165) is 4.88 Å². The highest BCUT2D eigenvalue weighted by Gasteiger charge is 2.08. The number of nitrogens with zero attached hydrogens (tertiary/aromatic N) is 2. The average molecular weight is 253 g/mol. The highest BCUT2D eigenvalue weighted by molar-refractivity contribution is 7.13. The number of aliphatic carboxylic acids is 1. The Hall–Kier alpha value is -1.73. The van der Waals surface area contributed by atoms with Crippen LogP contribution in [0.1, 0.15) is 12.2 Å². The van der Waals surface area contributed by atoms with Gasteiger partial charge < -0.3 is 14.9 Å². The second kappa shape index (κ2) is 5.55. The summed E-state index contributed by atoms with van der Waals surface area (Å²) < 4.78 is 5.08. The molecule has 0 amide bonds. The molecule has 2 N–H and O–H groups in total. The molecule has 0 spiro atoms. The van der Waals surface area contributed by atoms with Crippen LogP contribution in [-0.2, 0) is 11.3 Å². The van der Waals surface area contributed by atoms with Crippen LogP contribution in [0.5, 0.6) is 0 Å². The summed E-state index contributed by atoms with van der Waals surface area (Å²) >= 11 is 1.53. The van der Waals surface area contributed by atoms with Gasteiger partial charge in [-0.25, -0.2) is 0 Å². The molecule has 0 saturated carbocycles. The van der Waals surface area contributed by atoms with E-state index in [1.165, 1.54) is 11.3 Å². The van der Waals surface area contributed by atoms with Crippen LogP contribution in [0, 0.1) is 0 Å². The van der Waals surface area contributed by atoms with Gasteiger partial charge in [0.15, 0.2) is 5.82 Å². The van der Waals surface area contributed by atoms with Crippen molar-refractivity contribution in [1.82, 2.24) is 15.5 Å². The molecule has 2 rings (SSSR count). The number of nitrogens with one attached hydrogen (secondary N) is 1. The average Bonchev–Trinajstić information content (AvgIpc) is 2.94. The van der Waals surface area contributed by atoms with Crippen molar-refractivity contribution < 1.29 is 14.4 Å². The summed E-state index contributed by atoms with van der Waals surface area (Å²) in [5, 5.41) is 17.1. The Bertz CT molecular complexity index is 481. The lowest BCUT2D eigenvalue weighted by Gasteiger charge is -1.96. The van der Waals surface area contributed by atoms with E-state index < -0.39 is 5.97 Å². The van der Waals surface area contributed by atoms with Gasteiger partial charge >= 0.3 is 5.97 Å². The second-order valence-corrected chi connectivity index (χ2v) is 4.26. The van der Waals surface area contributed by atoms with Gasteiger partial charge in [-0.1, -0.05) is 11.2 Å². The number of hydrogen-bond acceptors (Lipinski definition) is 6. The monoisotopic (exact) mass is 253 g/mol. The SMILES string of the molecule is O=C(O)CCNCc1noc(-c2cccs2)n1. The van der Waals surface area contributed by atoms with Crippen molar-refractivity contribution in [2.45, 2.75) is 13.0 Å². The predicted molar refractivity (Wildman–Crippen MR) is 61.6 cm³/mol. The Labute approximate surface area is 101 Å². The Balaban J connectivity index is 1.84. The van der Waals surface area contributed by atoms with Crippen molar-refractivity contribution in [3.05, 3.63) is 23.3 Å². The second-order valence-electron chi connectivity index (χ2n) is 3.31. The Morgan fingerprint density at radius 1 is 1.59 bits per heavy atom. The van der Waals surface area contributed by atoms with Crippen molar-refractivity contribution in [1.29, 1.82) is 0 Å². The molecule has 0 fully saturated rings. The molecule has 0 atom stereocenters. The number of carbonyl (C=O) groups is 1. The third-order valence-corrected chi connectivity index (χ3v) is 2.86. The molecule has 17 heavy (non-hydrogen) atoms. The van der Waals surface area contributed by atoms with Crippen molar-refractivity contribution >= 4 is 17.3 Å². The topological polar surface area (TPSA) is 88.2 Å². The first kappa shape index (κ1) is 11.7. The maximum Gasteiger partial charge on any atom is 0.304 e. The molecule has 7 heteroatoms. The summed E-state index contributed by atoms with van der Waals surface area (Å²) in [6.45, 7) is 0.792. The van der Waals surface area contributed by atoms with Gasteiger partial charge in [0, 0.05) is 6.54 Å². The van der Waals surface area contributed by atoms with E-state index in [0.29, 0.717) is 24.8 Å². The molecule has 90 valence electrons. The minimum Gasteiger partial charge on any atom is -0.481 e. The Kier molecular flexibility index (Phi) is 3.84. The molecule has 0 saturated heterocycles. The fourth-order valence-electron chi connectivity index (χ4n) is 1.22. The molecule has 0 radical (unpaired) electrons. The third kappa shape index (κ3) is 3.36. The van der Waals surface area contributed by atoms with Gasteiger partial charge in [-0.2, -0.15) is 4.98 Å². The first-order valence-electron chi connectivity index (χ1n) is 5.04. The summed E-state index contributed by atoms with van der Waals surface area (Å²) in [6.07, 6.45) is 0.0790. The summed E-state index contributed by atoms with van der Waals surface area (Å²) in [5.41, 5.74) is 0. The molecular weight excluding hydrogens is 242 g/mol. The lowest BCUT2D eigenvalue weighted by atomic mass is 10.4. The summed E-state index contributed by atoms with van der Waals surface area (Å²) in [6, 6.07) is 3.81. The predicted octanol–water partition coefficient (Wildman–Crippen LogP) is 1.36. The molecule has 6 nitrogen and oxygen atoms in total. The zero-order valence-electron chi connectivity index (χ0n) is 8.92. The van der Waals surface area contributed by atoms with Gasteiger partial charge in [0.1, 0.15) is 0 Å². The van der Waals surface area contributed by atoms with Crippen LogP contribution in [0.15, 0.2) is 22.0 Å². The van der Waals surface area contributed by atoms with E-state index in [9.17, 15) is 4.79 Å². The number of carboxylic acids is 1. The molecule has 2 heterocycles.